The van der Waals surface area contributed by atoms with Crippen LogP contribution in [0, 0.1) is 62.6 Å². The van der Waals surface area contributed by atoms with E-state index < -0.39 is 0 Å². The Morgan fingerprint density at radius 1 is 0.778 bits per heavy atom. The lowest BCUT2D eigenvalue weighted by Gasteiger charge is -2.73. The van der Waals surface area contributed by atoms with E-state index in [0.717, 1.165) is 35.5 Å². The SMILES string of the molecule is CC(CCc1cccs1)[C@H]1CC[C@@]2(C)C1CC[C@]1(C)C2CCC2[C@@]3(C)CCCC(C)(C)C3CC[C@]21C. The highest BCUT2D eigenvalue weighted by Crippen LogP contribution is 2.78. The molecule has 0 bridgehead atoms. The molecule has 10 atom stereocenters. The smallest absolute Gasteiger partial charge is 0.00453 e. The predicted octanol–water partition coefficient (Wildman–Crippen LogP) is 10.8. The van der Waals surface area contributed by atoms with Gasteiger partial charge >= 0.3 is 0 Å². The molecule has 5 fully saturated rings. The van der Waals surface area contributed by atoms with Crippen LogP contribution in [0.25, 0.3) is 0 Å². The molecule has 6 rings (SSSR count). The lowest BCUT2D eigenvalue weighted by molar-refractivity contribution is -0.241. The van der Waals surface area contributed by atoms with Crippen molar-refractivity contribution in [3.8, 4) is 0 Å². The first kappa shape index (κ1) is 26.0. The third-order valence-corrected chi connectivity index (χ3v) is 15.9. The number of hydrogen-bond donors (Lipinski definition) is 0. The Morgan fingerprint density at radius 3 is 2.17 bits per heavy atom. The molecule has 0 saturated heterocycles. The molecule has 0 nitrogen and oxygen atoms in total. The van der Waals surface area contributed by atoms with Gasteiger partial charge in [-0.2, -0.15) is 0 Å². The van der Waals surface area contributed by atoms with Gasteiger partial charge in [-0.1, -0.05) is 61.0 Å². The van der Waals surface area contributed by atoms with Crippen LogP contribution in [0.3, 0.4) is 0 Å². The van der Waals surface area contributed by atoms with Crippen LogP contribution in [0.4, 0.5) is 0 Å². The largest absolute Gasteiger partial charge is 0.149 e. The van der Waals surface area contributed by atoms with Crippen molar-refractivity contribution in [3.05, 3.63) is 22.4 Å². The number of hydrogen-bond acceptors (Lipinski definition) is 1. The van der Waals surface area contributed by atoms with Gasteiger partial charge in [-0.3, -0.25) is 0 Å². The number of thiophene rings is 1. The number of aryl methyl sites for hydroxylation is 1. The van der Waals surface area contributed by atoms with E-state index >= 15 is 0 Å². The molecule has 1 aromatic rings. The Labute approximate surface area is 227 Å². The summed E-state index contributed by atoms with van der Waals surface area (Å²) >= 11 is 1.96. The molecule has 0 aliphatic heterocycles. The fourth-order valence-corrected chi connectivity index (χ4v) is 13.8. The van der Waals surface area contributed by atoms with Crippen LogP contribution < -0.4 is 0 Å². The molecule has 1 heterocycles. The molecular weight excluding hydrogens is 452 g/mol. The van der Waals surface area contributed by atoms with E-state index in [-0.39, 0.29) is 0 Å². The van der Waals surface area contributed by atoms with Crippen molar-refractivity contribution >= 4 is 11.3 Å². The fraction of sp³-hybridized carbons (Fsp3) is 0.886. The molecule has 5 unspecified atom stereocenters. The van der Waals surface area contributed by atoms with Crippen LogP contribution in [-0.4, -0.2) is 0 Å². The van der Waals surface area contributed by atoms with Gasteiger partial charge in [0.1, 0.15) is 0 Å². The van der Waals surface area contributed by atoms with E-state index in [1.54, 1.807) is 4.88 Å². The van der Waals surface area contributed by atoms with E-state index in [4.69, 9.17) is 0 Å². The van der Waals surface area contributed by atoms with Crippen molar-refractivity contribution in [2.75, 3.05) is 0 Å². The van der Waals surface area contributed by atoms with E-state index in [2.05, 4.69) is 66.0 Å². The van der Waals surface area contributed by atoms with Gasteiger partial charge in [0.2, 0.25) is 0 Å². The molecule has 0 aromatic carbocycles. The van der Waals surface area contributed by atoms with Crippen molar-refractivity contribution in [2.24, 2.45) is 62.6 Å². The fourth-order valence-electron chi connectivity index (χ4n) is 13.1. The van der Waals surface area contributed by atoms with Crippen LogP contribution in [0.5, 0.6) is 0 Å². The average molecular weight is 509 g/mol. The van der Waals surface area contributed by atoms with Crippen molar-refractivity contribution < 1.29 is 0 Å². The molecule has 36 heavy (non-hydrogen) atoms. The molecule has 1 heteroatoms. The quantitative estimate of drug-likeness (QED) is 0.379. The van der Waals surface area contributed by atoms with E-state index in [1.807, 2.05) is 11.3 Å². The summed E-state index contributed by atoms with van der Waals surface area (Å²) in [5.74, 6) is 5.69. The zero-order chi connectivity index (χ0) is 25.6. The van der Waals surface area contributed by atoms with Gasteiger partial charge in [0, 0.05) is 4.88 Å². The Kier molecular flexibility index (Phi) is 6.20. The lowest BCUT2D eigenvalue weighted by Crippen LogP contribution is -2.65. The molecule has 0 amide bonds. The summed E-state index contributed by atoms with van der Waals surface area (Å²) in [5.41, 5.74) is 2.81. The molecule has 0 radical (unpaired) electrons. The molecule has 202 valence electrons. The Morgan fingerprint density at radius 2 is 1.47 bits per heavy atom. The standard InChI is InChI=1S/C35H56S/c1-24(11-12-25-10-8-23-36-25)26-15-20-32(4)27(26)16-21-34(6)29(32)13-14-30-33(5)19-9-18-31(2,3)28(33)17-22-35(30,34)7/h8,10,23-24,26-30H,9,11-22H2,1-7H3/t24?,26-,27?,28?,29?,30?,32+,33+,34-,35-/m1/s1. The topological polar surface area (TPSA) is 0 Å². The van der Waals surface area contributed by atoms with Gasteiger partial charge in [0.25, 0.3) is 0 Å². The third kappa shape index (κ3) is 3.48. The van der Waals surface area contributed by atoms with Crippen LogP contribution in [-0.2, 0) is 6.42 Å². The first-order valence-corrected chi connectivity index (χ1v) is 16.9. The summed E-state index contributed by atoms with van der Waals surface area (Å²) in [7, 11) is 0. The Hall–Kier alpha value is -0.300. The normalized spacial score (nSPS) is 50.5. The summed E-state index contributed by atoms with van der Waals surface area (Å²) in [4.78, 5) is 1.60. The summed E-state index contributed by atoms with van der Waals surface area (Å²) in [6.07, 6.45) is 19.3. The van der Waals surface area contributed by atoms with Crippen LogP contribution >= 0.6 is 11.3 Å². The minimum atomic E-state index is 0.547. The average Bonchev–Trinajstić information content (AvgIpc) is 3.45. The highest BCUT2D eigenvalue weighted by Gasteiger charge is 2.70. The van der Waals surface area contributed by atoms with E-state index in [1.165, 1.54) is 83.5 Å². The van der Waals surface area contributed by atoms with Crippen molar-refractivity contribution in [2.45, 2.75) is 132 Å². The van der Waals surface area contributed by atoms with Crippen molar-refractivity contribution in [1.29, 1.82) is 0 Å². The highest BCUT2D eigenvalue weighted by molar-refractivity contribution is 7.09. The van der Waals surface area contributed by atoms with Gasteiger partial charge in [0.15, 0.2) is 0 Å². The van der Waals surface area contributed by atoms with Gasteiger partial charge in [-0.05, 0) is 151 Å². The molecule has 0 spiro atoms. The van der Waals surface area contributed by atoms with E-state index in [0.29, 0.717) is 27.1 Å². The maximum Gasteiger partial charge on any atom is 0.00453 e. The Balaban J connectivity index is 1.25. The third-order valence-electron chi connectivity index (χ3n) is 14.9. The number of fused-ring (bicyclic) bond motifs is 7. The highest BCUT2D eigenvalue weighted by atomic mass is 32.1. The van der Waals surface area contributed by atoms with Crippen LogP contribution in [0.2, 0.25) is 0 Å². The van der Waals surface area contributed by atoms with Gasteiger partial charge in [-0.25, -0.2) is 0 Å². The maximum absolute atomic E-state index is 2.83. The molecule has 5 aliphatic carbocycles. The first-order chi connectivity index (χ1) is 17.0. The van der Waals surface area contributed by atoms with Crippen LogP contribution in [0.1, 0.15) is 130 Å². The monoisotopic (exact) mass is 508 g/mol. The van der Waals surface area contributed by atoms with Gasteiger partial charge < -0.3 is 0 Å². The second kappa shape index (κ2) is 8.60. The molecule has 1 aromatic heterocycles. The van der Waals surface area contributed by atoms with Gasteiger partial charge in [0.05, 0.1) is 0 Å². The summed E-state index contributed by atoms with van der Waals surface area (Å²) in [6.45, 7) is 19.1. The van der Waals surface area contributed by atoms with E-state index in [9.17, 15) is 0 Å². The summed E-state index contributed by atoms with van der Waals surface area (Å²) in [6, 6.07) is 4.59. The summed E-state index contributed by atoms with van der Waals surface area (Å²) < 4.78 is 0. The second-order valence-corrected chi connectivity index (χ2v) is 17.4. The Bertz CT molecular complexity index is 944. The van der Waals surface area contributed by atoms with Gasteiger partial charge in [-0.15, -0.1) is 11.3 Å². The van der Waals surface area contributed by atoms with Crippen LogP contribution in [0.15, 0.2) is 17.5 Å². The molecule has 5 aliphatic rings. The maximum atomic E-state index is 2.83. The molecule has 5 saturated carbocycles. The van der Waals surface area contributed by atoms with Crippen molar-refractivity contribution in [1.82, 2.24) is 0 Å². The van der Waals surface area contributed by atoms with Crippen molar-refractivity contribution in [3.63, 3.8) is 0 Å². The summed E-state index contributed by atoms with van der Waals surface area (Å²) in [5, 5.41) is 2.26. The first-order valence-electron chi connectivity index (χ1n) is 16.0. The predicted molar refractivity (Wildman–Crippen MR) is 156 cm³/mol. The number of rotatable bonds is 4. The molecule has 0 N–H and O–H groups in total. The second-order valence-electron chi connectivity index (χ2n) is 16.4. The zero-order valence-corrected chi connectivity index (χ0v) is 25.6. The minimum absolute atomic E-state index is 0.547. The lowest BCUT2D eigenvalue weighted by atomic mass is 9.32. The molecular formula is C35H56S. The zero-order valence-electron chi connectivity index (χ0n) is 24.8. The minimum Gasteiger partial charge on any atom is -0.149 e.